The Morgan fingerprint density at radius 3 is 2.71 bits per heavy atom. The van der Waals surface area contributed by atoms with E-state index in [0.717, 1.165) is 25.7 Å². The topological polar surface area (TPSA) is 75.5 Å². The molecule has 1 saturated carbocycles. The minimum Gasteiger partial charge on any atom is -0.380 e. The number of nitrogens with zero attached hydrogens (tertiary/aromatic N) is 2. The average Bonchev–Trinajstić information content (AvgIpc) is 2.42. The van der Waals surface area contributed by atoms with Gasteiger partial charge in [-0.05, 0) is 37.8 Å². The smallest absolute Gasteiger partial charge is 0.293 e. The van der Waals surface area contributed by atoms with E-state index in [1.54, 1.807) is 24.1 Å². The number of nitrogens with one attached hydrogen (secondary N) is 1. The number of nitro benzene ring substituents is 1. The van der Waals surface area contributed by atoms with E-state index in [4.69, 9.17) is 0 Å². The fourth-order valence-electron chi connectivity index (χ4n) is 2.37. The second-order valence-corrected chi connectivity index (χ2v) is 5.42. The van der Waals surface area contributed by atoms with Gasteiger partial charge in [-0.1, -0.05) is 6.92 Å². The number of carbonyl (C=O) groups excluding carboxylic acids is 1. The molecule has 0 saturated heterocycles. The molecule has 1 N–H and O–H groups in total. The van der Waals surface area contributed by atoms with Gasteiger partial charge in [-0.2, -0.15) is 0 Å². The van der Waals surface area contributed by atoms with Gasteiger partial charge in [0.15, 0.2) is 0 Å². The van der Waals surface area contributed by atoms with E-state index in [9.17, 15) is 14.9 Å². The van der Waals surface area contributed by atoms with Crippen LogP contribution in [0.5, 0.6) is 0 Å². The van der Waals surface area contributed by atoms with Crippen LogP contribution in [0.2, 0.25) is 0 Å². The number of rotatable bonds is 6. The maximum Gasteiger partial charge on any atom is 0.293 e. The first-order chi connectivity index (χ1) is 10.0. The minimum atomic E-state index is -0.446. The Labute approximate surface area is 124 Å². The Kier molecular flexibility index (Phi) is 4.77. The number of nitro groups is 1. The van der Waals surface area contributed by atoms with Gasteiger partial charge in [0.05, 0.1) is 4.92 Å². The number of hydrogen-bond acceptors (Lipinski definition) is 4. The normalized spacial score (nSPS) is 14.4. The first-order valence-electron chi connectivity index (χ1n) is 7.34. The van der Waals surface area contributed by atoms with Crippen LogP contribution < -0.4 is 5.32 Å². The maximum atomic E-state index is 12.4. The molecule has 0 heterocycles. The fraction of sp³-hybridized carbons (Fsp3) is 0.533. The zero-order valence-corrected chi connectivity index (χ0v) is 12.5. The molecule has 6 heteroatoms. The molecule has 6 nitrogen and oxygen atoms in total. The molecule has 1 aliphatic rings. The van der Waals surface area contributed by atoms with Crippen LogP contribution in [0.3, 0.4) is 0 Å². The highest BCUT2D eigenvalue weighted by atomic mass is 16.6. The molecule has 2 rings (SSSR count). The summed E-state index contributed by atoms with van der Waals surface area (Å²) in [5.74, 6) is -0.148. The highest BCUT2D eigenvalue weighted by Gasteiger charge is 2.27. The standard InChI is InChI=1S/C15H21N3O3/c1-3-9-16-13-8-7-11(10-14(13)18(20)21)15(19)17(2)12-5-4-6-12/h7-8,10,12,16H,3-6,9H2,1-2H3. The van der Waals surface area contributed by atoms with E-state index in [0.29, 0.717) is 17.8 Å². The van der Waals surface area contributed by atoms with Crippen molar-refractivity contribution < 1.29 is 9.72 Å². The third kappa shape index (κ3) is 3.32. The summed E-state index contributed by atoms with van der Waals surface area (Å²) in [5, 5.41) is 14.2. The van der Waals surface area contributed by atoms with E-state index in [-0.39, 0.29) is 17.6 Å². The SMILES string of the molecule is CCCNc1ccc(C(=O)N(C)C2CCC2)cc1[N+](=O)[O-]. The lowest BCUT2D eigenvalue weighted by Gasteiger charge is -2.34. The summed E-state index contributed by atoms with van der Waals surface area (Å²) in [6, 6.07) is 4.92. The number of benzene rings is 1. The van der Waals surface area contributed by atoms with Gasteiger partial charge in [0.2, 0.25) is 0 Å². The fourth-order valence-corrected chi connectivity index (χ4v) is 2.37. The maximum absolute atomic E-state index is 12.4. The monoisotopic (exact) mass is 291 g/mol. The van der Waals surface area contributed by atoms with Gasteiger partial charge >= 0.3 is 0 Å². The van der Waals surface area contributed by atoms with Crippen molar-refractivity contribution >= 4 is 17.3 Å². The van der Waals surface area contributed by atoms with Crippen LogP contribution in [-0.2, 0) is 0 Å². The lowest BCUT2D eigenvalue weighted by atomic mass is 9.91. The first-order valence-corrected chi connectivity index (χ1v) is 7.34. The third-order valence-corrected chi connectivity index (χ3v) is 3.95. The van der Waals surface area contributed by atoms with Crippen molar-refractivity contribution in [3.8, 4) is 0 Å². The molecule has 0 unspecified atom stereocenters. The van der Waals surface area contributed by atoms with Crippen molar-refractivity contribution in [3.63, 3.8) is 0 Å². The minimum absolute atomic E-state index is 0.0451. The van der Waals surface area contributed by atoms with E-state index in [1.807, 2.05) is 6.92 Å². The first kappa shape index (κ1) is 15.3. The average molecular weight is 291 g/mol. The van der Waals surface area contributed by atoms with Crippen molar-refractivity contribution in [1.29, 1.82) is 0 Å². The molecule has 1 amide bonds. The van der Waals surface area contributed by atoms with E-state index in [1.165, 1.54) is 6.07 Å². The van der Waals surface area contributed by atoms with Gasteiger partial charge in [-0.3, -0.25) is 14.9 Å². The van der Waals surface area contributed by atoms with Crippen LogP contribution in [0.15, 0.2) is 18.2 Å². The molecule has 1 fully saturated rings. The number of hydrogen-bond donors (Lipinski definition) is 1. The summed E-state index contributed by atoms with van der Waals surface area (Å²) >= 11 is 0. The molecular formula is C15H21N3O3. The molecule has 1 aromatic rings. The summed E-state index contributed by atoms with van der Waals surface area (Å²) in [5.41, 5.74) is 0.791. The van der Waals surface area contributed by atoms with E-state index in [2.05, 4.69) is 5.32 Å². The predicted molar refractivity (Wildman–Crippen MR) is 81.6 cm³/mol. The van der Waals surface area contributed by atoms with Crippen molar-refractivity contribution in [2.24, 2.45) is 0 Å². The van der Waals surface area contributed by atoms with Crippen molar-refractivity contribution in [2.75, 3.05) is 18.9 Å². The van der Waals surface area contributed by atoms with Crippen molar-refractivity contribution in [3.05, 3.63) is 33.9 Å². The Bertz CT molecular complexity index is 541. The van der Waals surface area contributed by atoms with Crippen LogP contribution in [0.25, 0.3) is 0 Å². The molecule has 0 atom stereocenters. The van der Waals surface area contributed by atoms with Gasteiger partial charge < -0.3 is 10.2 Å². The molecule has 0 bridgehead atoms. The van der Waals surface area contributed by atoms with E-state index < -0.39 is 4.92 Å². The van der Waals surface area contributed by atoms with Crippen LogP contribution >= 0.6 is 0 Å². The lowest BCUT2D eigenvalue weighted by molar-refractivity contribution is -0.384. The molecule has 21 heavy (non-hydrogen) atoms. The van der Waals surface area contributed by atoms with Crippen LogP contribution in [0, 0.1) is 10.1 Å². The molecule has 0 aromatic heterocycles. The predicted octanol–water partition coefficient (Wildman–Crippen LogP) is 3.04. The molecule has 0 radical (unpaired) electrons. The summed E-state index contributed by atoms with van der Waals surface area (Å²) in [6.45, 7) is 2.65. The summed E-state index contributed by atoms with van der Waals surface area (Å²) in [6.07, 6.45) is 4.05. The number of anilines is 1. The Hall–Kier alpha value is -2.11. The highest BCUT2D eigenvalue weighted by Crippen LogP contribution is 2.28. The number of amides is 1. The van der Waals surface area contributed by atoms with Crippen LogP contribution in [-0.4, -0.2) is 35.4 Å². The Balaban J connectivity index is 2.22. The molecular weight excluding hydrogens is 270 g/mol. The van der Waals surface area contributed by atoms with Crippen LogP contribution in [0.1, 0.15) is 43.0 Å². The molecule has 0 aliphatic heterocycles. The summed E-state index contributed by atoms with van der Waals surface area (Å²) in [4.78, 5) is 24.8. The largest absolute Gasteiger partial charge is 0.380 e. The highest BCUT2D eigenvalue weighted by molar-refractivity contribution is 5.95. The van der Waals surface area contributed by atoms with Crippen molar-refractivity contribution in [2.45, 2.75) is 38.6 Å². The Morgan fingerprint density at radius 1 is 1.48 bits per heavy atom. The van der Waals surface area contributed by atoms with Gasteiger partial charge in [0.1, 0.15) is 5.69 Å². The Morgan fingerprint density at radius 2 is 2.19 bits per heavy atom. The van der Waals surface area contributed by atoms with E-state index >= 15 is 0 Å². The van der Waals surface area contributed by atoms with Gasteiger partial charge in [-0.25, -0.2) is 0 Å². The quantitative estimate of drug-likeness (QED) is 0.645. The lowest BCUT2D eigenvalue weighted by Crippen LogP contribution is -2.41. The molecule has 1 aromatic carbocycles. The third-order valence-electron chi connectivity index (χ3n) is 3.95. The molecule has 1 aliphatic carbocycles. The second-order valence-electron chi connectivity index (χ2n) is 5.42. The molecule has 0 spiro atoms. The molecule has 114 valence electrons. The zero-order valence-electron chi connectivity index (χ0n) is 12.5. The summed E-state index contributed by atoms with van der Waals surface area (Å²) in [7, 11) is 1.77. The summed E-state index contributed by atoms with van der Waals surface area (Å²) < 4.78 is 0. The van der Waals surface area contributed by atoms with Gasteiger partial charge in [0.25, 0.3) is 11.6 Å². The second kappa shape index (κ2) is 6.56. The van der Waals surface area contributed by atoms with Gasteiger partial charge in [-0.15, -0.1) is 0 Å². The van der Waals surface area contributed by atoms with Crippen molar-refractivity contribution in [1.82, 2.24) is 4.90 Å². The zero-order chi connectivity index (χ0) is 15.4. The van der Waals surface area contributed by atoms with Crippen LogP contribution in [0.4, 0.5) is 11.4 Å². The number of carbonyl (C=O) groups is 1. The van der Waals surface area contributed by atoms with Gasteiger partial charge in [0, 0.05) is 31.3 Å².